The molecule has 0 fully saturated rings. The Hall–Kier alpha value is -3.58. The molecular weight excluding hydrogens is 476 g/mol. The van der Waals surface area contributed by atoms with Crippen LogP contribution >= 0.6 is 23.1 Å². The average molecular weight is 499 g/mol. The van der Waals surface area contributed by atoms with Gasteiger partial charge in [-0.05, 0) is 37.5 Å². The molecule has 34 heavy (non-hydrogen) atoms. The van der Waals surface area contributed by atoms with E-state index in [2.05, 4.69) is 35.7 Å². The van der Waals surface area contributed by atoms with E-state index >= 15 is 0 Å². The van der Waals surface area contributed by atoms with E-state index in [0.717, 1.165) is 28.2 Å². The van der Waals surface area contributed by atoms with Crippen molar-refractivity contribution in [2.75, 3.05) is 11.1 Å². The van der Waals surface area contributed by atoms with Crippen LogP contribution in [0.1, 0.15) is 34.6 Å². The molecule has 3 heterocycles. The van der Waals surface area contributed by atoms with Gasteiger partial charge in [0.05, 0.1) is 11.4 Å². The molecule has 3 N–H and O–H groups in total. The maximum absolute atomic E-state index is 12.5. The number of hydrogen-bond acceptors (Lipinski definition) is 9. The fourth-order valence-corrected chi connectivity index (χ4v) is 4.69. The molecule has 0 atom stereocenters. The number of carbonyl (C=O) groups is 1. The maximum atomic E-state index is 12.5. The number of thioether (sulfide) groups is 1. The van der Waals surface area contributed by atoms with E-state index in [0.29, 0.717) is 21.8 Å². The molecule has 0 aliphatic heterocycles. The molecule has 0 aliphatic rings. The number of carbonyl (C=O) groups excluding carboxylic acids is 1. The number of aromatic amines is 2. The summed E-state index contributed by atoms with van der Waals surface area (Å²) in [6.07, 6.45) is 0.930. The van der Waals surface area contributed by atoms with Crippen molar-refractivity contribution in [2.24, 2.45) is 0 Å². The number of amides is 1. The summed E-state index contributed by atoms with van der Waals surface area (Å²) in [5.41, 5.74) is 2.21. The smallest absolute Gasteiger partial charge is 0.311 e. The number of benzene rings is 1. The Morgan fingerprint density at radius 3 is 2.68 bits per heavy atom. The number of hydrogen-bond donors (Lipinski definition) is 3. The molecule has 0 aliphatic carbocycles. The first-order chi connectivity index (χ1) is 16.3. The van der Waals surface area contributed by atoms with E-state index in [1.54, 1.807) is 0 Å². The second-order valence-corrected chi connectivity index (χ2v) is 9.51. The Labute approximate surface area is 202 Å². The summed E-state index contributed by atoms with van der Waals surface area (Å²) in [6.45, 7) is 5.92. The number of nitrogens with one attached hydrogen (secondary N) is 3. The van der Waals surface area contributed by atoms with E-state index < -0.39 is 11.2 Å². The van der Waals surface area contributed by atoms with Crippen LogP contribution in [0.5, 0.6) is 0 Å². The molecule has 0 spiro atoms. The van der Waals surface area contributed by atoms with Crippen molar-refractivity contribution in [3.63, 3.8) is 0 Å². The van der Waals surface area contributed by atoms with Crippen molar-refractivity contribution in [3.8, 4) is 5.69 Å². The number of aryl methyl sites for hydroxylation is 3. The van der Waals surface area contributed by atoms with Gasteiger partial charge >= 0.3 is 5.69 Å². The first-order valence-corrected chi connectivity index (χ1v) is 12.2. The van der Waals surface area contributed by atoms with Gasteiger partial charge in [-0.2, -0.15) is 0 Å². The van der Waals surface area contributed by atoms with Crippen molar-refractivity contribution < 1.29 is 4.79 Å². The summed E-state index contributed by atoms with van der Waals surface area (Å²) in [5.74, 6) is 0.376. The van der Waals surface area contributed by atoms with Gasteiger partial charge in [0.25, 0.3) is 5.56 Å². The Kier molecular flexibility index (Phi) is 7.03. The van der Waals surface area contributed by atoms with Gasteiger partial charge in [-0.3, -0.25) is 24.5 Å². The molecule has 0 saturated heterocycles. The van der Waals surface area contributed by atoms with Gasteiger partial charge < -0.3 is 4.98 Å². The van der Waals surface area contributed by atoms with E-state index in [4.69, 9.17) is 0 Å². The molecule has 0 radical (unpaired) electrons. The molecule has 4 aromatic rings. The molecule has 13 heteroatoms. The van der Waals surface area contributed by atoms with Crippen LogP contribution in [0.15, 0.2) is 39.0 Å². The quantitative estimate of drug-likeness (QED) is 0.312. The standard InChI is InChI=1S/C21H22N8O3S2/c1-4-18-26-27-20(34-18)24-17(31)10-33-21-28-25-15(8-13-9-16(30)23-19(32)22-13)29(21)14-7-11(2)5-6-12(14)3/h5-7,9H,4,8,10H2,1-3H3,(H,24,27,31)(H2,22,23,30,32). The van der Waals surface area contributed by atoms with Gasteiger partial charge in [0, 0.05) is 18.2 Å². The van der Waals surface area contributed by atoms with Crippen molar-refractivity contribution in [3.05, 3.63) is 72.8 Å². The van der Waals surface area contributed by atoms with Crippen LogP contribution in [0.3, 0.4) is 0 Å². The topological polar surface area (TPSA) is 151 Å². The number of nitrogens with zero attached hydrogens (tertiary/aromatic N) is 5. The summed E-state index contributed by atoms with van der Waals surface area (Å²) in [4.78, 5) is 40.7. The number of anilines is 1. The number of rotatable bonds is 8. The molecule has 1 aromatic carbocycles. The second kappa shape index (κ2) is 10.1. The SMILES string of the molecule is CCc1nnc(NC(=O)CSc2nnc(Cc3cc(=O)[nH]c(=O)[nH]3)n2-c2cc(C)ccc2C)s1. The van der Waals surface area contributed by atoms with Gasteiger partial charge in [-0.1, -0.05) is 42.2 Å². The molecule has 176 valence electrons. The molecule has 4 rings (SSSR count). The highest BCUT2D eigenvalue weighted by Crippen LogP contribution is 2.26. The zero-order valence-corrected chi connectivity index (χ0v) is 20.3. The Bertz CT molecular complexity index is 1420. The summed E-state index contributed by atoms with van der Waals surface area (Å²) in [7, 11) is 0. The molecule has 0 bridgehead atoms. The lowest BCUT2D eigenvalue weighted by molar-refractivity contribution is -0.113. The fraction of sp³-hybridized carbons (Fsp3) is 0.286. The third-order valence-electron chi connectivity index (χ3n) is 4.82. The highest BCUT2D eigenvalue weighted by Gasteiger charge is 2.19. The van der Waals surface area contributed by atoms with Gasteiger partial charge in [0.15, 0.2) is 5.16 Å². The maximum Gasteiger partial charge on any atom is 0.325 e. The summed E-state index contributed by atoms with van der Waals surface area (Å²) < 4.78 is 1.85. The highest BCUT2D eigenvalue weighted by atomic mass is 32.2. The summed E-state index contributed by atoms with van der Waals surface area (Å²) >= 11 is 2.57. The molecule has 0 saturated carbocycles. The van der Waals surface area contributed by atoms with E-state index in [1.165, 1.54) is 29.2 Å². The summed E-state index contributed by atoms with van der Waals surface area (Å²) in [6, 6.07) is 7.31. The zero-order chi connectivity index (χ0) is 24.2. The predicted molar refractivity (Wildman–Crippen MR) is 130 cm³/mol. The number of aromatic nitrogens is 7. The Balaban J connectivity index is 1.62. The molecule has 11 nitrogen and oxygen atoms in total. The van der Waals surface area contributed by atoms with Gasteiger partial charge in [0.1, 0.15) is 10.8 Å². The lowest BCUT2D eigenvalue weighted by Gasteiger charge is -2.13. The fourth-order valence-electron chi connectivity index (χ4n) is 3.23. The third kappa shape index (κ3) is 5.48. The largest absolute Gasteiger partial charge is 0.325 e. The van der Waals surface area contributed by atoms with Crippen LogP contribution in [-0.2, 0) is 17.6 Å². The minimum Gasteiger partial charge on any atom is -0.311 e. The predicted octanol–water partition coefficient (Wildman–Crippen LogP) is 2.00. The highest BCUT2D eigenvalue weighted by molar-refractivity contribution is 7.99. The second-order valence-electron chi connectivity index (χ2n) is 7.51. The molecular formula is C21H22N8O3S2. The van der Waals surface area contributed by atoms with Gasteiger partial charge in [0.2, 0.25) is 11.0 Å². The summed E-state index contributed by atoms with van der Waals surface area (Å²) in [5, 5.41) is 21.1. The van der Waals surface area contributed by atoms with Crippen molar-refractivity contribution >= 4 is 34.1 Å². The minimum atomic E-state index is -0.588. The van der Waals surface area contributed by atoms with Crippen molar-refractivity contribution in [1.82, 2.24) is 34.9 Å². The van der Waals surface area contributed by atoms with Crippen LogP contribution in [0, 0.1) is 13.8 Å². The van der Waals surface area contributed by atoms with Crippen LogP contribution in [0.25, 0.3) is 5.69 Å². The van der Waals surface area contributed by atoms with E-state index in [1.807, 2.05) is 43.5 Å². The normalized spacial score (nSPS) is 11.0. The minimum absolute atomic E-state index is 0.0892. The Morgan fingerprint density at radius 1 is 1.12 bits per heavy atom. The van der Waals surface area contributed by atoms with Crippen LogP contribution in [0.2, 0.25) is 0 Å². The first-order valence-electron chi connectivity index (χ1n) is 10.4. The van der Waals surface area contributed by atoms with Crippen LogP contribution in [-0.4, -0.2) is 46.6 Å². The van der Waals surface area contributed by atoms with Gasteiger partial charge in [-0.25, -0.2) is 4.79 Å². The van der Waals surface area contributed by atoms with Crippen molar-refractivity contribution in [2.45, 2.75) is 38.8 Å². The Morgan fingerprint density at radius 2 is 1.94 bits per heavy atom. The lowest BCUT2D eigenvalue weighted by atomic mass is 10.1. The first kappa shape index (κ1) is 23.6. The van der Waals surface area contributed by atoms with E-state index in [-0.39, 0.29) is 18.1 Å². The van der Waals surface area contributed by atoms with Crippen LogP contribution < -0.4 is 16.6 Å². The monoisotopic (exact) mass is 498 g/mol. The lowest BCUT2D eigenvalue weighted by Crippen LogP contribution is -2.23. The van der Waals surface area contributed by atoms with Crippen molar-refractivity contribution in [1.29, 1.82) is 0 Å². The molecule has 0 unspecified atom stereocenters. The average Bonchev–Trinajstić information content (AvgIpc) is 3.40. The third-order valence-corrected chi connectivity index (χ3v) is 6.73. The van der Waals surface area contributed by atoms with Gasteiger partial charge in [-0.15, -0.1) is 20.4 Å². The van der Waals surface area contributed by atoms with Crippen LogP contribution in [0.4, 0.5) is 5.13 Å². The van der Waals surface area contributed by atoms with E-state index in [9.17, 15) is 14.4 Å². The molecule has 1 amide bonds. The number of H-pyrrole nitrogens is 2. The zero-order valence-electron chi connectivity index (χ0n) is 18.7. The molecule has 3 aromatic heterocycles.